The Morgan fingerprint density at radius 2 is 2.38 bits per heavy atom. The van der Waals surface area contributed by atoms with E-state index in [2.05, 4.69) is 35.2 Å². The van der Waals surface area contributed by atoms with Crippen LogP contribution in [0.4, 0.5) is 0 Å². The maximum Gasteiger partial charge on any atom is 0.133 e. The van der Waals surface area contributed by atoms with Gasteiger partial charge in [-0.1, -0.05) is 12.7 Å². The van der Waals surface area contributed by atoms with Gasteiger partial charge < -0.3 is 4.74 Å². The molecule has 0 atom stereocenters. The second-order valence-corrected chi connectivity index (χ2v) is 3.52. The minimum absolute atomic E-state index is 0.488. The molecule has 2 nitrogen and oxygen atoms in total. The fourth-order valence-electron chi connectivity index (χ4n) is 0.836. The molecule has 0 aliphatic heterocycles. The third-order valence-electron chi connectivity index (χ3n) is 1.42. The zero-order valence-corrected chi connectivity index (χ0v) is 9.11. The topological polar surface area (TPSA) is 33.0 Å². The Balaban J connectivity index is 2.86. The first-order chi connectivity index (χ1) is 6.27. The van der Waals surface area contributed by atoms with Crippen molar-refractivity contribution in [3.63, 3.8) is 0 Å². The van der Waals surface area contributed by atoms with Crippen LogP contribution < -0.4 is 4.74 Å². The molecular weight excluding hydrogens is 277 g/mol. The van der Waals surface area contributed by atoms with Crippen LogP contribution in [0, 0.1) is 14.9 Å². The van der Waals surface area contributed by atoms with Gasteiger partial charge in [-0.2, -0.15) is 5.26 Å². The van der Waals surface area contributed by atoms with Gasteiger partial charge >= 0.3 is 0 Å². The zero-order chi connectivity index (χ0) is 9.68. The van der Waals surface area contributed by atoms with E-state index in [1.165, 1.54) is 0 Å². The highest BCUT2D eigenvalue weighted by molar-refractivity contribution is 14.1. The van der Waals surface area contributed by atoms with Crippen LogP contribution in [0.2, 0.25) is 0 Å². The summed E-state index contributed by atoms with van der Waals surface area (Å²) in [6.45, 7) is 4.05. The second kappa shape index (κ2) is 4.87. The SMILES string of the molecule is C=CCOc1ccc(C#N)cc1I. The van der Waals surface area contributed by atoms with E-state index in [-0.39, 0.29) is 0 Å². The van der Waals surface area contributed by atoms with Gasteiger partial charge in [0.2, 0.25) is 0 Å². The molecule has 3 heteroatoms. The Labute approximate surface area is 91.0 Å². The summed E-state index contributed by atoms with van der Waals surface area (Å²) in [6.07, 6.45) is 1.69. The lowest BCUT2D eigenvalue weighted by Gasteiger charge is -2.04. The van der Waals surface area contributed by atoms with E-state index in [0.717, 1.165) is 9.32 Å². The number of nitrogens with zero attached hydrogens (tertiary/aromatic N) is 1. The van der Waals surface area contributed by atoms with E-state index in [4.69, 9.17) is 10.00 Å². The Kier molecular flexibility index (Phi) is 3.77. The van der Waals surface area contributed by atoms with Crippen LogP contribution in [0.1, 0.15) is 5.56 Å². The van der Waals surface area contributed by atoms with Crippen molar-refractivity contribution >= 4 is 22.6 Å². The molecule has 13 heavy (non-hydrogen) atoms. The molecule has 0 fully saturated rings. The lowest BCUT2D eigenvalue weighted by Crippen LogP contribution is -1.95. The number of benzene rings is 1. The van der Waals surface area contributed by atoms with Gasteiger partial charge in [-0.15, -0.1) is 0 Å². The van der Waals surface area contributed by atoms with Crippen LogP contribution in [0.3, 0.4) is 0 Å². The third kappa shape index (κ3) is 2.74. The van der Waals surface area contributed by atoms with Crippen molar-refractivity contribution in [1.29, 1.82) is 5.26 Å². The Bertz CT molecular complexity index is 354. The summed E-state index contributed by atoms with van der Waals surface area (Å²) in [6, 6.07) is 7.39. The van der Waals surface area contributed by atoms with Gasteiger partial charge in [-0.25, -0.2) is 0 Å². The average molecular weight is 285 g/mol. The molecule has 1 aromatic carbocycles. The number of halogens is 1. The van der Waals surface area contributed by atoms with E-state index >= 15 is 0 Å². The highest BCUT2D eigenvalue weighted by Crippen LogP contribution is 2.21. The molecule has 0 heterocycles. The molecule has 0 spiro atoms. The summed E-state index contributed by atoms with van der Waals surface area (Å²) in [5, 5.41) is 8.62. The van der Waals surface area contributed by atoms with Crippen LogP contribution in [-0.4, -0.2) is 6.61 Å². The molecule has 0 saturated carbocycles. The van der Waals surface area contributed by atoms with Crippen LogP contribution in [0.5, 0.6) is 5.75 Å². The molecular formula is C10H8INO. The van der Waals surface area contributed by atoms with Crippen LogP contribution >= 0.6 is 22.6 Å². The number of hydrogen-bond acceptors (Lipinski definition) is 2. The van der Waals surface area contributed by atoms with Gasteiger partial charge in [0.25, 0.3) is 0 Å². The Morgan fingerprint density at radius 3 is 2.92 bits per heavy atom. The highest BCUT2D eigenvalue weighted by Gasteiger charge is 2.00. The zero-order valence-electron chi connectivity index (χ0n) is 6.96. The van der Waals surface area contributed by atoms with Crippen molar-refractivity contribution in [3.8, 4) is 11.8 Å². The van der Waals surface area contributed by atoms with Crippen molar-refractivity contribution in [2.75, 3.05) is 6.61 Å². The maximum atomic E-state index is 8.62. The van der Waals surface area contributed by atoms with E-state index < -0.39 is 0 Å². The molecule has 66 valence electrons. The minimum Gasteiger partial charge on any atom is -0.488 e. The molecule has 0 aromatic heterocycles. The monoisotopic (exact) mass is 285 g/mol. The summed E-state index contributed by atoms with van der Waals surface area (Å²) in [5.41, 5.74) is 0.648. The van der Waals surface area contributed by atoms with Crippen LogP contribution in [0.25, 0.3) is 0 Å². The average Bonchev–Trinajstić information content (AvgIpc) is 2.16. The fourth-order valence-corrected chi connectivity index (χ4v) is 1.51. The standard InChI is InChI=1S/C10H8INO/c1-2-5-13-10-4-3-8(7-12)6-9(10)11/h2-4,6H,1,5H2. The van der Waals surface area contributed by atoms with Crippen molar-refractivity contribution < 1.29 is 4.74 Å². The molecule has 1 aromatic rings. The van der Waals surface area contributed by atoms with Gasteiger partial charge in [0.05, 0.1) is 15.2 Å². The number of rotatable bonds is 3. The predicted octanol–water partition coefficient (Wildman–Crippen LogP) is 2.73. The Morgan fingerprint density at radius 1 is 1.62 bits per heavy atom. The minimum atomic E-state index is 0.488. The fraction of sp³-hybridized carbons (Fsp3) is 0.100. The number of hydrogen-bond donors (Lipinski definition) is 0. The summed E-state index contributed by atoms with van der Waals surface area (Å²) in [5.74, 6) is 0.791. The van der Waals surface area contributed by atoms with Gasteiger partial charge in [0.15, 0.2) is 0 Å². The summed E-state index contributed by atoms with van der Waals surface area (Å²) in [4.78, 5) is 0. The van der Waals surface area contributed by atoms with Gasteiger partial charge in [-0.3, -0.25) is 0 Å². The van der Waals surface area contributed by atoms with Gasteiger partial charge in [0, 0.05) is 0 Å². The lowest BCUT2D eigenvalue weighted by molar-refractivity contribution is 0.360. The van der Waals surface area contributed by atoms with Crippen molar-refractivity contribution in [3.05, 3.63) is 40.0 Å². The largest absolute Gasteiger partial charge is 0.488 e. The molecule has 0 saturated heterocycles. The van der Waals surface area contributed by atoms with E-state index in [1.54, 1.807) is 24.3 Å². The van der Waals surface area contributed by atoms with Crippen molar-refractivity contribution in [2.45, 2.75) is 0 Å². The molecule has 1 rings (SSSR count). The molecule has 0 aliphatic rings. The van der Waals surface area contributed by atoms with Crippen molar-refractivity contribution in [2.24, 2.45) is 0 Å². The smallest absolute Gasteiger partial charge is 0.133 e. The normalized spacial score (nSPS) is 8.92. The maximum absolute atomic E-state index is 8.62. The lowest BCUT2D eigenvalue weighted by atomic mass is 10.2. The molecule has 0 aliphatic carbocycles. The molecule has 0 amide bonds. The van der Waals surface area contributed by atoms with Crippen LogP contribution in [-0.2, 0) is 0 Å². The quantitative estimate of drug-likeness (QED) is 0.632. The van der Waals surface area contributed by atoms with Gasteiger partial charge in [-0.05, 0) is 40.8 Å². The summed E-state index contributed by atoms with van der Waals surface area (Å²) in [7, 11) is 0. The molecule has 0 N–H and O–H groups in total. The molecule has 0 radical (unpaired) electrons. The highest BCUT2D eigenvalue weighted by atomic mass is 127. The third-order valence-corrected chi connectivity index (χ3v) is 2.26. The predicted molar refractivity (Wildman–Crippen MR) is 59.6 cm³/mol. The Hall–Kier alpha value is -1.02. The number of ether oxygens (including phenoxy) is 1. The summed E-state index contributed by atoms with van der Waals surface area (Å²) >= 11 is 2.14. The first-order valence-corrected chi connectivity index (χ1v) is 4.79. The molecule has 0 bridgehead atoms. The van der Waals surface area contributed by atoms with Gasteiger partial charge in [0.1, 0.15) is 12.4 Å². The van der Waals surface area contributed by atoms with E-state index in [9.17, 15) is 0 Å². The first-order valence-electron chi connectivity index (χ1n) is 3.71. The van der Waals surface area contributed by atoms with E-state index in [0.29, 0.717) is 12.2 Å². The van der Waals surface area contributed by atoms with Crippen molar-refractivity contribution in [1.82, 2.24) is 0 Å². The van der Waals surface area contributed by atoms with Crippen LogP contribution in [0.15, 0.2) is 30.9 Å². The first kappa shape index (κ1) is 10.1. The second-order valence-electron chi connectivity index (χ2n) is 2.36. The number of nitriles is 1. The van der Waals surface area contributed by atoms with E-state index in [1.807, 2.05) is 0 Å². The summed E-state index contributed by atoms with van der Waals surface area (Å²) < 4.78 is 6.29. The molecule has 0 unspecified atom stereocenters.